The minimum absolute atomic E-state index is 0.0883. The van der Waals surface area contributed by atoms with E-state index in [9.17, 15) is 14.4 Å². The first kappa shape index (κ1) is 74.1. The topological polar surface area (TPSA) is 78.9 Å². The Morgan fingerprint density at radius 2 is 0.500 bits per heavy atom. The molecule has 6 heteroatoms. The van der Waals surface area contributed by atoms with Gasteiger partial charge in [0.05, 0.1) is 0 Å². The van der Waals surface area contributed by atoms with Crippen LogP contribution in [0.5, 0.6) is 0 Å². The lowest BCUT2D eigenvalue weighted by atomic mass is 10.0. The van der Waals surface area contributed by atoms with Gasteiger partial charge in [-0.25, -0.2) is 0 Å². The average molecular weight is 1080 g/mol. The molecule has 0 N–H and O–H groups in total. The van der Waals surface area contributed by atoms with Crippen molar-refractivity contribution in [2.45, 2.75) is 316 Å². The van der Waals surface area contributed by atoms with Crippen LogP contribution in [0.3, 0.4) is 0 Å². The molecule has 0 bridgehead atoms. The lowest BCUT2D eigenvalue weighted by Gasteiger charge is -2.18. The maximum atomic E-state index is 12.9. The van der Waals surface area contributed by atoms with Gasteiger partial charge in [-0.15, -0.1) is 0 Å². The number of rotatable bonds is 59. The zero-order valence-electron chi connectivity index (χ0n) is 51.2. The molecule has 6 nitrogen and oxygen atoms in total. The van der Waals surface area contributed by atoms with E-state index in [1.54, 1.807) is 0 Å². The van der Waals surface area contributed by atoms with E-state index in [2.05, 4.69) is 130 Å². The van der Waals surface area contributed by atoms with Gasteiger partial charge in [-0.1, -0.05) is 297 Å². The molecule has 0 rings (SSSR count). The third-order valence-electron chi connectivity index (χ3n) is 14.0. The Labute approximate surface area is 482 Å². The molecule has 0 aromatic carbocycles. The van der Waals surface area contributed by atoms with Crippen LogP contribution in [0.4, 0.5) is 0 Å². The van der Waals surface area contributed by atoms with Crippen molar-refractivity contribution in [1.82, 2.24) is 0 Å². The van der Waals surface area contributed by atoms with Crippen LogP contribution in [0.15, 0.2) is 109 Å². The first-order valence-electron chi connectivity index (χ1n) is 32.9. The maximum absolute atomic E-state index is 12.9. The highest BCUT2D eigenvalue weighted by molar-refractivity contribution is 5.71. The highest BCUT2D eigenvalue weighted by atomic mass is 16.6. The molecular weight excluding hydrogens is 961 g/mol. The highest BCUT2D eigenvalue weighted by Crippen LogP contribution is 2.17. The smallest absolute Gasteiger partial charge is 0.306 e. The summed E-state index contributed by atoms with van der Waals surface area (Å²) in [6.07, 6.45) is 89.8. The Kier molecular flexibility index (Phi) is 62.3. The van der Waals surface area contributed by atoms with E-state index in [0.29, 0.717) is 19.3 Å². The van der Waals surface area contributed by atoms with Crippen LogP contribution in [0.2, 0.25) is 0 Å². The van der Waals surface area contributed by atoms with E-state index >= 15 is 0 Å². The molecule has 78 heavy (non-hydrogen) atoms. The predicted octanol–water partition coefficient (Wildman–Crippen LogP) is 22.6. The molecule has 0 radical (unpaired) electrons. The molecule has 0 amide bonds. The highest BCUT2D eigenvalue weighted by Gasteiger charge is 2.19. The average Bonchev–Trinajstić information content (AvgIpc) is 3.44. The summed E-state index contributed by atoms with van der Waals surface area (Å²) in [5, 5.41) is 0. The number of unbranched alkanes of at least 4 members (excludes halogenated alkanes) is 30. The summed E-state index contributed by atoms with van der Waals surface area (Å²) in [6.45, 7) is 6.40. The molecule has 0 aliphatic heterocycles. The monoisotopic (exact) mass is 1080 g/mol. The number of carbonyl (C=O) groups is 3. The fourth-order valence-electron chi connectivity index (χ4n) is 9.17. The molecule has 0 heterocycles. The van der Waals surface area contributed by atoms with Crippen molar-refractivity contribution in [3.05, 3.63) is 109 Å². The standard InChI is InChI=1S/C72H122O6/c1-4-7-10-13-16-19-22-24-26-28-30-31-32-33-34-35-36-37-38-39-40-41-43-44-46-48-50-53-56-59-62-65-71(74)77-68-69(67-76-70(73)64-61-58-55-52-21-18-15-12-9-6-3)78-72(75)66-63-60-57-54-51-49-47-45-42-29-27-25-23-20-17-14-11-8-5-2/h7-8,10-11,16-17,19-20,24-27,30-31,42,45,49,51,69H,4-6,9,12-15,18,21-23,28-29,32-41,43-44,46-48,50,52-68H2,1-3H3/b10-7-,11-8-,19-16-,20-17-,26-24-,27-25-,31-30-,45-42-,51-49-. The Bertz CT molecular complexity index is 1570. The van der Waals surface area contributed by atoms with Gasteiger partial charge in [0.25, 0.3) is 0 Å². The quantitative estimate of drug-likeness (QED) is 0.0261. The summed E-state index contributed by atoms with van der Waals surface area (Å²) in [7, 11) is 0. The lowest BCUT2D eigenvalue weighted by Crippen LogP contribution is -2.30. The summed E-state index contributed by atoms with van der Waals surface area (Å²) >= 11 is 0. The number of allylic oxidation sites excluding steroid dienone is 18. The molecule has 1 atom stereocenters. The van der Waals surface area contributed by atoms with Crippen LogP contribution in [0.1, 0.15) is 310 Å². The molecule has 0 spiro atoms. The molecule has 446 valence electrons. The van der Waals surface area contributed by atoms with E-state index in [1.165, 1.54) is 148 Å². The maximum Gasteiger partial charge on any atom is 0.306 e. The van der Waals surface area contributed by atoms with E-state index in [0.717, 1.165) is 122 Å². The Morgan fingerprint density at radius 3 is 0.795 bits per heavy atom. The molecule has 1 unspecified atom stereocenters. The first-order valence-corrected chi connectivity index (χ1v) is 32.9. The van der Waals surface area contributed by atoms with Gasteiger partial charge in [0.2, 0.25) is 0 Å². The summed E-state index contributed by atoms with van der Waals surface area (Å²) in [5.74, 6) is -0.912. The lowest BCUT2D eigenvalue weighted by molar-refractivity contribution is -0.167. The van der Waals surface area contributed by atoms with Gasteiger partial charge in [-0.2, -0.15) is 0 Å². The predicted molar refractivity (Wildman–Crippen MR) is 339 cm³/mol. The fraction of sp³-hybridized carbons (Fsp3) is 0.708. The molecule has 0 aliphatic carbocycles. The molecular formula is C72H122O6. The fourth-order valence-corrected chi connectivity index (χ4v) is 9.17. The third kappa shape index (κ3) is 62.9. The number of ether oxygens (including phenoxy) is 3. The third-order valence-corrected chi connectivity index (χ3v) is 14.0. The van der Waals surface area contributed by atoms with Crippen molar-refractivity contribution < 1.29 is 28.6 Å². The van der Waals surface area contributed by atoms with Crippen LogP contribution < -0.4 is 0 Å². The van der Waals surface area contributed by atoms with Crippen molar-refractivity contribution >= 4 is 17.9 Å². The minimum atomic E-state index is -0.794. The van der Waals surface area contributed by atoms with Crippen LogP contribution in [0.25, 0.3) is 0 Å². The number of hydrogen-bond donors (Lipinski definition) is 0. The van der Waals surface area contributed by atoms with E-state index in [4.69, 9.17) is 14.2 Å². The molecule has 0 aromatic rings. The number of hydrogen-bond acceptors (Lipinski definition) is 6. The first-order chi connectivity index (χ1) is 38.5. The number of esters is 3. The normalized spacial score (nSPS) is 12.8. The second kappa shape index (κ2) is 65.6. The van der Waals surface area contributed by atoms with Crippen LogP contribution in [-0.4, -0.2) is 37.2 Å². The zero-order valence-corrected chi connectivity index (χ0v) is 51.2. The van der Waals surface area contributed by atoms with Gasteiger partial charge < -0.3 is 14.2 Å². The van der Waals surface area contributed by atoms with Crippen LogP contribution in [-0.2, 0) is 28.6 Å². The van der Waals surface area contributed by atoms with Gasteiger partial charge in [0, 0.05) is 19.3 Å². The van der Waals surface area contributed by atoms with E-state index < -0.39 is 6.10 Å². The minimum Gasteiger partial charge on any atom is -0.462 e. The van der Waals surface area contributed by atoms with Crippen molar-refractivity contribution in [1.29, 1.82) is 0 Å². The van der Waals surface area contributed by atoms with Gasteiger partial charge in [-0.05, 0) is 103 Å². The van der Waals surface area contributed by atoms with E-state index in [1.807, 2.05) is 0 Å². The Morgan fingerprint density at radius 1 is 0.269 bits per heavy atom. The molecule has 0 aliphatic rings. The summed E-state index contributed by atoms with van der Waals surface area (Å²) < 4.78 is 16.9. The van der Waals surface area contributed by atoms with Gasteiger partial charge in [0.1, 0.15) is 13.2 Å². The van der Waals surface area contributed by atoms with Crippen molar-refractivity contribution in [2.24, 2.45) is 0 Å². The van der Waals surface area contributed by atoms with Crippen molar-refractivity contribution in [3.63, 3.8) is 0 Å². The van der Waals surface area contributed by atoms with Crippen molar-refractivity contribution in [2.75, 3.05) is 13.2 Å². The molecule has 0 saturated heterocycles. The summed E-state index contributed by atoms with van der Waals surface area (Å²) in [4.78, 5) is 38.2. The molecule has 0 aromatic heterocycles. The second-order valence-electron chi connectivity index (χ2n) is 21.6. The summed E-state index contributed by atoms with van der Waals surface area (Å²) in [5.41, 5.74) is 0. The van der Waals surface area contributed by atoms with Gasteiger partial charge >= 0.3 is 17.9 Å². The Hall–Kier alpha value is -3.93. The largest absolute Gasteiger partial charge is 0.462 e. The van der Waals surface area contributed by atoms with Gasteiger partial charge in [0.15, 0.2) is 6.10 Å². The van der Waals surface area contributed by atoms with Crippen LogP contribution in [0, 0.1) is 0 Å². The SMILES string of the molecule is CC/C=C\C/C=C\C/C=C\C/C=C\C/C=C\CCCCCC(=O)OC(COC(=O)CCCCCCCCCCCC)COC(=O)CCCCCCCCCCCCCCCCCCCC/C=C\C/C=C\C/C=C\C/C=C\CC. The Balaban J connectivity index is 4.19. The molecule has 0 saturated carbocycles. The van der Waals surface area contributed by atoms with E-state index in [-0.39, 0.29) is 31.1 Å². The van der Waals surface area contributed by atoms with Crippen molar-refractivity contribution in [3.8, 4) is 0 Å². The number of carbonyl (C=O) groups excluding carboxylic acids is 3. The zero-order chi connectivity index (χ0) is 56.4. The summed E-state index contributed by atoms with van der Waals surface area (Å²) in [6, 6.07) is 0. The van der Waals surface area contributed by atoms with Gasteiger partial charge in [-0.3, -0.25) is 14.4 Å². The molecule has 0 fully saturated rings. The van der Waals surface area contributed by atoms with Crippen LogP contribution >= 0.6 is 0 Å². The second-order valence-corrected chi connectivity index (χ2v) is 21.6.